The number of halogens is 4. The van der Waals surface area contributed by atoms with E-state index in [0.717, 1.165) is 46.5 Å². The second kappa shape index (κ2) is 12.1. The first-order valence-corrected chi connectivity index (χ1v) is 17.6. The summed E-state index contributed by atoms with van der Waals surface area (Å²) in [5, 5.41) is 0. The van der Waals surface area contributed by atoms with Crippen molar-refractivity contribution in [3.05, 3.63) is 72.6 Å². The molecule has 50 heavy (non-hydrogen) atoms. The topological polar surface area (TPSA) is 98.0 Å². The summed E-state index contributed by atoms with van der Waals surface area (Å²) < 4.78 is 54.9. The maximum absolute atomic E-state index is 13.7. The van der Waals surface area contributed by atoms with E-state index in [1.807, 2.05) is 48.5 Å². The van der Waals surface area contributed by atoms with Gasteiger partial charge in [-0.3, -0.25) is 9.59 Å². The molecule has 4 heterocycles. The van der Waals surface area contributed by atoms with Gasteiger partial charge in [0, 0.05) is 75.4 Å². The number of alkyl halides is 4. The molecule has 2 saturated heterocycles. The van der Waals surface area contributed by atoms with Gasteiger partial charge in [-0.15, -0.1) is 0 Å². The summed E-state index contributed by atoms with van der Waals surface area (Å²) in [5.74, 6) is -4.41. The molecule has 0 atom stereocenters. The van der Waals surface area contributed by atoms with Crippen LogP contribution >= 0.6 is 0 Å². The fourth-order valence-electron chi connectivity index (χ4n) is 7.94. The highest BCUT2D eigenvalue weighted by molar-refractivity contribution is 5.89. The van der Waals surface area contributed by atoms with E-state index < -0.39 is 22.7 Å². The Morgan fingerprint density at radius 3 is 1.14 bits per heavy atom. The third kappa shape index (κ3) is 5.70. The van der Waals surface area contributed by atoms with Crippen LogP contribution in [0, 0.1) is 0 Å². The molecular formula is C38H40F4N6O2. The number of aromatic amines is 2. The molecule has 2 aliphatic heterocycles. The summed E-state index contributed by atoms with van der Waals surface area (Å²) >= 11 is 0. The van der Waals surface area contributed by atoms with Crippen LogP contribution in [0.15, 0.2) is 60.9 Å². The van der Waals surface area contributed by atoms with E-state index >= 15 is 0 Å². The second-order valence-corrected chi connectivity index (χ2v) is 14.6. The van der Waals surface area contributed by atoms with Gasteiger partial charge in [0.2, 0.25) is 11.8 Å². The second-order valence-electron chi connectivity index (χ2n) is 14.6. The number of piperidine rings is 2. The molecule has 2 amide bonds. The minimum absolute atomic E-state index is 0.0698. The number of carbonyl (C=O) groups is 2. The van der Waals surface area contributed by atoms with Gasteiger partial charge in [0.15, 0.2) is 0 Å². The van der Waals surface area contributed by atoms with Crippen LogP contribution in [0.25, 0.3) is 33.6 Å². The van der Waals surface area contributed by atoms with Crippen LogP contribution in [0.4, 0.5) is 17.6 Å². The molecule has 4 aromatic rings. The molecule has 0 unspecified atom stereocenters. The highest BCUT2D eigenvalue weighted by Crippen LogP contribution is 2.47. The average molecular weight is 689 g/mol. The zero-order chi connectivity index (χ0) is 34.7. The molecule has 12 heteroatoms. The fourth-order valence-corrected chi connectivity index (χ4v) is 7.94. The zero-order valence-electron chi connectivity index (χ0n) is 27.8. The van der Waals surface area contributed by atoms with Crippen molar-refractivity contribution in [2.45, 2.75) is 86.9 Å². The molecule has 2 aliphatic carbocycles. The first-order chi connectivity index (χ1) is 24.0. The van der Waals surface area contributed by atoms with Crippen LogP contribution in [0.5, 0.6) is 0 Å². The number of benzene rings is 2. The Bertz CT molecular complexity index is 1730. The Morgan fingerprint density at radius 2 is 0.840 bits per heavy atom. The van der Waals surface area contributed by atoms with Crippen LogP contribution in [0.3, 0.4) is 0 Å². The van der Waals surface area contributed by atoms with Crippen molar-refractivity contribution in [2.24, 2.45) is 0 Å². The van der Waals surface area contributed by atoms with Crippen molar-refractivity contribution in [3.8, 4) is 33.6 Å². The number of likely N-dealkylation sites (tertiary alicyclic amines) is 2. The lowest BCUT2D eigenvalue weighted by atomic mass is 9.67. The number of amides is 2. The molecule has 2 N–H and O–H groups in total. The van der Waals surface area contributed by atoms with Gasteiger partial charge >= 0.3 is 0 Å². The van der Waals surface area contributed by atoms with Crippen molar-refractivity contribution in [3.63, 3.8) is 0 Å². The third-order valence-corrected chi connectivity index (χ3v) is 11.6. The van der Waals surface area contributed by atoms with Crippen LogP contribution in [0.1, 0.15) is 75.9 Å². The Morgan fingerprint density at radius 1 is 0.520 bits per heavy atom. The van der Waals surface area contributed by atoms with Gasteiger partial charge in [-0.05, 0) is 36.8 Å². The molecule has 4 aliphatic rings. The highest BCUT2D eigenvalue weighted by atomic mass is 19.3. The van der Waals surface area contributed by atoms with Gasteiger partial charge in [-0.2, -0.15) is 0 Å². The van der Waals surface area contributed by atoms with E-state index in [9.17, 15) is 27.2 Å². The van der Waals surface area contributed by atoms with Crippen molar-refractivity contribution < 1.29 is 27.2 Å². The zero-order valence-corrected chi connectivity index (χ0v) is 27.8. The molecule has 262 valence electrons. The van der Waals surface area contributed by atoms with Crippen LogP contribution in [0.2, 0.25) is 0 Å². The maximum Gasteiger partial charge on any atom is 0.251 e. The quantitative estimate of drug-likeness (QED) is 0.197. The Hall–Kier alpha value is -4.48. The first kappa shape index (κ1) is 32.7. The van der Waals surface area contributed by atoms with Crippen LogP contribution in [-0.2, 0) is 20.4 Å². The fraction of sp³-hybridized carbons (Fsp3) is 0.474. The Balaban J connectivity index is 0.938. The maximum atomic E-state index is 13.7. The molecule has 2 aromatic heterocycles. The number of nitrogens with one attached hydrogen (secondary N) is 2. The summed E-state index contributed by atoms with van der Waals surface area (Å²) in [4.78, 5) is 46.3. The summed E-state index contributed by atoms with van der Waals surface area (Å²) in [7, 11) is 0. The SMILES string of the molecule is O=C(N1CCC(F)(F)CC1)C1(c2nc(-c3ccc(-c4ccc(-c5c[nH]c(C6(C(=O)N7CCC(F)(F)CC7)CCC6)n5)cc4)cc3)c[nH]2)CCC1. The monoisotopic (exact) mass is 688 g/mol. The number of imidazole rings is 2. The minimum Gasteiger partial charge on any atom is -0.347 e. The molecule has 8 nitrogen and oxygen atoms in total. The van der Waals surface area contributed by atoms with Gasteiger partial charge < -0.3 is 19.8 Å². The number of hydrogen-bond donors (Lipinski definition) is 2. The summed E-state index contributed by atoms with van der Waals surface area (Å²) in [6.45, 7) is 0.279. The lowest BCUT2D eigenvalue weighted by Crippen LogP contribution is -2.54. The Labute approximate surface area is 287 Å². The van der Waals surface area contributed by atoms with Crippen molar-refractivity contribution >= 4 is 11.8 Å². The molecule has 4 fully saturated rings. The lowest BCUT2D eigenvalue weighted by molar-refractivity contribution is -0.148. The number of nitrogens with zero attached hydrogens (tertiary/aromatic N) is 4. The van der Waals surface area contributed by atoms with Gasteiger partial charge in [0.05, 0.1) is 11.4 Å². The minimum atomic E-state index is -2.71. The molecule has 0 spiro atoms. The van der Waals surface area contributed by atoms with E-state index in [4.69, 9.17) is 9.97 Å². The van der Waals surface area contributed by atoms with Crippen LogP contribution in [-0.4, -0.2) is 79.6 Å². The predicted octanol–water partition coefficient (Wildman–Crippen LogP) is 7.49. The van der Waals surface area contributed by atoms with E-state index in [1.165, 1.54) is 0 Å². The van der Waals surface area contributed by atoms with E-state index in [-0.39, 0.29) is 63.7 Å². The van der Waals surface area contributed by atoms with Gasteiger partial charge in [-0.25, -0.2) is 27.5 Å². The highest BCUT2D eigenvalue weighted by Gasteiger charge is 2.52. The summed E-state index contributed by atoms with van der Waals surface area (Å²) in [6.07, 6.45) is 6.83. The van der Waals surface area contributed by atoms with Crippen molar-refractivity contribution in [1.82, 2.24) is 29.7 Å². The van der Waals surface area contributed by atoms with Crippen molar-refractivity contribution in [2.75, 3.05) is 26.2 Å². The molecule has 0 radical (unpaired) electrons. The molecule has 2 aromatic carbocycles. The number of rotatable bonds is 7. The smallest absolute Gasteiger partial charge is 0.251 e. The number of aromatic nitrogens is 4. The normalized spacial score (nSPS) is 22.0. The van der Waals surface area contributed by atoms with Gasteiger partial charge in [0.1, 0.15) is 22.5 Å². The molecule has 2 saturated carbocycles. The van der Waals surface area contributed by atoms with E-state index in [0.29, 0.717) is 37.3 Å². The first-order valence-electron chi connectivity index (χ1n) is 17.6. The molecule has 8 rings (SSSR count). The largest absolute Gasteiger partial charge is 0.347 e. The molecular weight excluding hydrogens is 648 g/mol. The number of H-pyrrole nitrogens is 2. The number of hydrogen-bond acceptors (Lipinski definition) is 4. The Kier molecular flexibility index (Phi) is 7.91. The average Bonchev–Trinajstić information content (AvgIpc) is 3.76. The van der Waals surface area contributed by atoms with Gasteiger partial charge in [0.25, 0.3) is 11.8 Å². The van der Waals surface area contributed by atoms with Crippen molar-refractivity contribution in [1.29, 1.82) is 0 Å². The van der Waals surface area contributed by atoms with Gasteiger partial charge in [-0.1, -0.05) is 61.4 Å². The van der Waals surface area contributed by atoms with E-state index in [2.05, 4.69) is 9.97 Å². The predicted molar refractivity (Wildman–Crippen MR) is 180 cm³/mol. The third-order valence-electron chi connectivity index (χ3n) is 11.6. The summed E-state index contributed by atoms with van der Waals surface area (Å²) in [5.41, 5.74) is 3.72. The summed E-state index contributed by atoms with van der Waals surface area (Å²) in [6, 6.07) is 16.0. The standard InChI is InChI=1S/C38H40F4N6O2/c39-37(40)15-19-47(20-16-37)33(49)35(11-1-12-35)31-43-23-29(45-31)27-7-3-25(4-8-27)26-5-9-28(10-6-26)30-24-44-32(46-30)36(13-2-14-36)34(50)48-21-17-38(41,42)18-22-48/h3-10,23-24H,1-2,11-22H2,(H,43,45)(H,44,46). The van der Waals surface area contributed by atoms with E-state index in [1.54, 1.807) is 22.2 Å². The molecule has 0 bridgehead atoms. The number of carbonyl (C=O) groups excluding carboxylic acids is 2. The lowest BCUT2D eigenvalue weighted by Gasteiger charge is -2.43. The van der Waals surface area contributed by atoms with Crippen LogP contribution < -0.4 is 0 Å².